The highest BCUT2D eigenvalue weighted by atomic mass is 35.5. The molecule has 1 unspecified atom stereocenters. The van der Waals surface area contributed by atoms with E-state index in [0.717, 1.165) is 18.4 Å². The van der Waals surface area contributed by atoms with Gasteiger partial charge in [-0.05, 0) is 36.5 Å². The maximum Gasteiger partial charge on any atom is 0.242 e. The van der Waals surface area contributed by atoms with Gasteiger partial charge in [-0.25, -0.2) is 0 Å². The highest BCUT2D eigenvalue weighted by Gasteiger charge is 2.30. The lowest BCUT2D eigenvalue weighted by Crippen LogP contribution is -2.47. The van der Waals surface area contributed by atoms with Crippen molar-refractivity contribution < 1.29 is 9.59 Å². The van der Waals surface area contributed by atoms with E-state index in [2.05, 4.69) is 5.32 Å². The molecule has 1 heterocycles. The molecule has 2 rings (SSSR count). The summed E-state index contributed by atoms with van der Waals surface area (Å²) >= 11 is 5.92. The third-order valence-corrected chi connectivity index (χ3v) is 4.51. The molecule has 1 saturated heterocycles. The van der Waals surface area contributed by atoms with Gasteiger partial charge >= 0.3 is 0 Å². The van der Waals surface area contributed by atoms with Crippen molar-refractivity contribution in [3.63, 3.8) is 0 Å². The summed E-state index contributed by atoms with van der Waals surface area (Å²) in [6.07, 6.45) is 1.88. The van der Waals surface area contributed by atoms with Crippen molar-refractivity contribution in [2.45, 2.75) is 38.8 Å². The molecule has 0 bridgehead atoms. The van der Waals surface area contributed by atoms with Crippen LogP contribution in [0.25, 0.3) is 0 Å². The number of amides is 2. The van der Waals surface area contributed by atoms with Gasteiger partial charge in [-0.15, -0.1) is 0 Å². The molecule has 0 radical (unpaired) electrons. The maximum atomic E-state index is 12.4. The van der Waals surface area contributed by atoms with Crippen LogP contribution in [0.4, 0.5) is 0 Å². The van der Waals surface area contributed by atoms with Gasteiger partial charge in [-0.3, -0.25) is 9.59 Å². The van der Waals surface area contributed by atoms with Gasteiger partial charge in [0.15, 0.2) is 0 Å². The van der Waals surface area contributed by atoms with Crippen LogP contribution in [0.5, 0.6) is 0 Å². The second kappa shape index (κ2) is 7.79. The van der Waals surface area contributed by atoms with Crippen LogP contribution in [0.1, 0.15) is 38.3 Å². The molecular weight excluding hydrogens is 314 g/mol. The minimum atomic E-state index is -0.589. The Labute approximate surface area is 142 Å². The number of benzene rings is 1. The van der Waals surface area contributed by atoms with E-state index in [-0.39, 0.29) is 30.3 Å². The number of carbonyl (C=O) groups is 2. The molecule has 126 valence electrons. The summed E-state index contributed by atoms with van der Waals surface area (Å²) in [5.74, 6) is -0.318. The van der Waals surface area contributed by atoms with Crippen LogP contribution in [-0.2, 0) is 9.59 Å². The number of rotatable bonds is 5. The van der Waals surface area contributed by atoms with Crippen molar-refractivity contribution in [2.24, 2.45) is 11.7 Å². The van der Waals surface area contributed by atoms with E-state index in [1.165, 1.54) is 0 Å². The zero-order valence-corrected chi connectivity index (χ0v) is 14.3. The summed E-state index contributed by atoms with van der Waals surface area (Å²) in [6.45, 7) is 4.45. The van der Waals surface area contributed by atoms with Gasteiger partial charge in [0, 0.05) is 11.6 Å². The van der Waals surface area contributed by atoms with Gasteiger partial charge in [0.1, 0.15) is 0 Å². The molecule has 0 aromatic heterocycles. The average Bonchev–Trinajstić information content (AvgIpc) is 3.01. The second-order valence-electron chi connectivity index (χ2n) is 6.28. The number of halogens is 1. The molecule has 1 fully saturated rings. The molecule has 6 heteroatoms. The van der Waals surface area contributed by atoms with Gasteiger partial charge in [0.25, 0.3) is 0 Å². The van der Waals surface area contributed by atoms with E-state index in [1.807, 2.05) is 43.0 Å². The third-order valence-electron chi connectivity index (χ3n) is 4.26. The summed E-state index contributed by atoms with van der Waals surface area (Å²) in [7, 11) is 0. The van der Waals surface area contributed by atoms with E-state index in [0.29, 0.717) is 11.6 Å². The SMILES string of the molecule is CC(C)[C@H](N)C(=O)NCC(=O)N1CCCC1c1ccc(Cl)cc1. The highest BCUT2D eigenvalue weighted by molar-refractivity contribution is 6.30. The van der Waals surface area contributed by atoms with Crippen molar-refractivity contribution >= 4 is 23.4 Å². The Bertz CT molecular complexity index is 559. The van der Waals surface area contributed by atoms with E-state index < -0.39 is 6.04 Å². The predicted molar refractivity (Wildman–Crippen MR) is 91.0 cm³/mol. The van der Waals surface area contributed by atoms with Crippen molar-refractivity contribution in [3.8, 4) is 0 Å². The molecule has 0 aliphatic carbocycles. The Morgan fingerprint density at radius 2 is 2.00 bits per heavy atom. The molecule has 2 amide bonds. The summed E-state index contributed by atoms with van der Waals surface area (Å²) in [5.41, 5.74) is 6.86. The number of likely N-dealkylation sites (tertiary alicyclic amines) is 1. The van der Waals surface area contributed by atoms with Crippen LogP contribution in [-0.4, -0.2) is 35.8 Å². The summed E-state index contributed by atoms with van der Waals surface area (Å²) in [4.78, 5) is 26.1. The Hall–Kier alpha value is -1.59. The molecule has 0 saturated carbocycles. The standard InChI is InChI=1S/C17H24ClN3O2/c1-11(2)16(19)17(23)20-10-15(22)21-9-3-4-14(21)12-5-7-13(18)8-6-12/h5-8,11,14,16H,3-4,9-10,19H2,1-2H3,(H,20,23)/t14?,16-/m0/s1. The lowest BCUT2D eigenvalue weighted by molar-refractivity contribution is -0.134. The fourth-order valence-corrected chi connectivity index (χ4v) is 2.91. The lowest BCUT2D eigenvalue weighted by atomic mass is 10.0. The Kier molecular flexibility index (Phi) is 6.02. The minimum absolute atomic E-state index is 0.0106. The minimum Gasteiger partial charge on any atom is -0.346 e. The molecule has 5 nitrogen and oxygen atoms in total. The van der Waals surface area contributed by atoms with Gasteiger partial charge in [-0.1, -0.05) is 37.6 Å². The van der Waals surface area contributed by atoms with Crippen LogP contribution in [0.15, 0.2) is 24.3 Å². The third kappa shape index (κ3) is 4.45. The molecular formula is C17H24ClN3O2. The van der Waals surface area contributed by atoms with E-state index in [1.54, 1.807) is 0 Å². The predicted octanol–water partition coefficient (Wildman–Crippen LogP) is 2.10. The first-order valence-corrected chi connectivity index (χ1v) is 8.36. The fourth-order valence-electron chi connectivity index (χ4n) is 2.78. The van der Waals surface area contributed by atoms with Crippen molar-refractivity contribution in [3.05, 3.63) is 34.9 Å². The smallest absolute Gasteiger partial charge is 0.242 e. The number of carbonyl (C=O) groups excluding carboxylic acids is 2. The monoisotopic (exact) mass is 337 g/mol. The van der Waals surface area contributed by atoms with Crippen LogP contribution >= 0.6 is 11.6 Å². The van der Waals surface area contributed by atoms with Crippen molar-refractivity contribution in [2.75, 3.05) is 13.1 Å². The Morgan fingerprint density at radius 3 is 2.61 bits per heavy atom. The quantitative estimate of drug-likeness (QED) is 0.864. The molecule has 0 spiro atoms. The molecule has 1 aromatic carbocycles. The number of nitrogens with zero attached hydrogens (tertiary/aromatic N) is 1. The molecule has 1 aliphatic rings. The van der Waals surface area contributed by atoms with Gasteiger partial charge in [0.2, 0.25) is 11.8 Å². The molecule has 23 heavy (non-hydrogen) atoms. The Balaban J connectivity index is 1.95. The second-order valence-corrected chi connectivity index (χ2v) is 6.72. The molecule has 1 aromatic rings. The van der Waals surface area contributed by atoms with Gasteiger partial charge < -0.3 is 16.0 Å². The van der Waals surface area contributed by atoms with Crippen molar-refractivity contribution in [1.82, 2.24) is 10.2 Å². The van der Waals surface area contributed by atoms with Crippen molar-refractivity contribution in [1.29, 1.82) is 0 Å². The van der Waals surface area contributed by atoms with E-state index >= 15 is 0 Å². The summed E-state index contributed by atoms with van der Waals surface area (Å²) < 4.78 is 0. The zero-order valence-electron chi connectivity index (χ0n) is 13.6. The van der Waals surface area contributed by atoms with Gasteiger partial charge in [-0.2, -0.15) is 0 Å². The topological polar surface area (TPSA) is 75.4 Å². The normalized spacial score (nSPS) is 19.0. The Morgan fingerprint density at radius 1 is 1.35 bits per heavy atom. The first-order chi connectivity index (χ1) is 10.9. The average molecular weight is 338 g/mol. The lowest BCUT2D eigenvalue weighted by Gasteiger charge is -2.26. The number of hydrogen-bond donors (Lipinski definition) is 2. The van der Waals surface area contributed by atoms with Crippen LogP contribution in [0.2, 0.25) is 5.02 Å². The largest absolute Gasteiger partial charge is 0.346 e. The first kappa shape index (κ1) is 17.8. The number of hydrogen-bond acceptors (Lipinski definition) is 3. The van der Waals surface area contributed by atoms with Crippen LogP contribution in [0.3, 0.4) is 0 Å². The molecule has 1 aliphatic heterocycles. The fraction of sp³-hybridized carbons (Fsp3) is 0.529. The molecule has 2 atom stereocenters. The first-order valence-electron chi connectivity index (χ1n) is 7.98. The van der Waals surface area contributed by atoms with E-state index in [9.17, 15) is 9.59 Å². The number of nitrogens with one attached hydrogen (secondary N) is 1. The van der Waals surface area contributed by atoms with Gasteiger partial charge in [0.05, 0.1) is 18.6 Å². The number of nitrogens with two attached hydrogens (primary N) is 1. The van der Waals surface area contributed by atoms with E-state index in [4.69, 9.17) is 17.3 Å². The summed E-state index contributed by atoms with van der Waals surface area (Å²) in [6, 6.07) is 7.03. The maximum absolute atomic E-state index is 12.4. The molecule has 3 N–H and O–H groups in total. The highest BCUT2D eigenvalue weighted by Crippen LogP contribution is 2.32. The summed E-state index contributed by atoms with van der Waals surface area (Å²) in [5, 5.41) is 3.33. The van der Waals surface area contributed by atoms with Crippen LogP contribution in [0, 0.1) is 5.92 Å². The van der Waals surface area contributed by atoms with Crippen LogP contribution < -0.4 is 11.1 Å². The zero-order chi connectivity index (χ0) is 17.0.